The smallest absolute Gasteiger partial charge is 0.348 e. The van der Waals surface area contributed by atoms with Crippen LogP contribution in [0.5, 0.6) is 5.75 Å². The molecule has 0 aromatic carbocycles. The van der Waals surface area contributed by atoms with Crippen molar-refractivity contribution in [3.8, 4) is 5.75 Å². The molecule has 130 valence electrons. The lowest BCUT2D eigenvalue weighted by atomic mass is 9.48. The van der Waals surface area contributed by atoms with E-state index in [0.717, 1.165) is 17.8 Å². The molecule has 1 heterocycles. The van der Waals surface area contributed by atoms with Gasteiger partial charge in [0.05, 0.1) is 11.8 Å². The molecule has 5 rings (SSSR count). The lowest BCUT2D eigenvalue weighted by Crippen LogP contribution is -2.50. The molecule has 4 bridgehead atoms. The van der Waals surface area contributed by atoms with E-state index in [0.29, 0.717) is 16.9 Å². The molecule has 24 heavy (non-hydrogen) atoms. The number of hydrogen-bond donors (Lipinski definition) is 1. The van der Waals surface area contributed by atoms with Crippen LogP contribution in [0.1, 0.15) is 63.7 Å². The highest BCUT2D eigenvalue weighted by atomic mass is 16.4. The molecule has 0 saturated heterocycles. The highest BCUT2D eigenvalue weighted by molar-refractivity contribution is 6.00. The molecule has 4 nitrogen and oxygen atoms in total. The Morgan fingerprint density at radius 2 is 1.79 bits per heavy atom. The van der Waals surface area contributed by atoms with Crippen LogP contribution in [-0.4, -0.2) is 16.9 Å². The molecule has 0 spiro atoms. The third-order valence-corrected chi connectivity index (χ3v) is 6.77. The molecule has 0 radical (unpaired) electrons. The molecule has 1 N–H and O–H groups in total. The quantitative estimate of drug-likeness (QED) is 0.850. The summed E-state index contributed by atoms with van der Waals surface area (Å²) >= 11 is 0. The molecule has 1 atom stereocenters. The van der Waals surface area contributed by atoms with Crippen LogP contribution in [0.3, 0.4) is 0 Å². The van der Waals surface area contributed by atoms with Gasteiger partial charge in [0.25, 0.3) is 0 Å². The van der Waals surface area contributed by atoms with Crippen molar-refractivity contribution >= 4 is 5.71 Å². The Balaban J connectivity index is 1.65. The summed E-state index contributed by atoms with van der Waals surface area (Å²) in [7, 11) is 0. The topological polar surface area (TPSA) is 62.8 Å². The molecule has 1 unspecified atom stereocenters. The maximum absolute atomic E-state index is 12.1. The summed E-state index contributed by atoms with van der Waals surface area (Å²) in [5.41, 5.74) is 0.629. The van der Waals surface area contributed by atoms with Gasteiger partial charge >= 0.3 is 5.63 Å². The summed E-state index contributed by atoms with van der Waals surface area (Å²) in [4.78, 5) is 17.0. The summed E-state index contributed by atoms with van der Waals surface area (Å²) in [6, 6.07) is 1.68. The predicted molar refractivity (Wildman–Crippen MR) is 93.7 cm³/mol. The molecule has 1 aromatic heterocycles. The van der Waals surface area contributed by atoms with Crippen LogP contribution in [0.25, 0.3) is 0 Å². The summed E-state index contributed by atoms with van der Waals surface area (Å²) in [5.74, 6) is 3.04. The standard InChI is InChI=1S/C20H27NO3/c1-11-4-17(22)18(19(23)24-11)12(2)21-13(3)20-8-14-5-15(9-20)7-16(6-14)10-20/h4,13-16,22H,5-10H2,1-3H3. The highest BCUT2D eigenvalue weighted by Crippen LogP contribution is 2.61. The van der Waals surface area contributed by atoms with Crippen molar-refractivity contribution in [3.63, 3.8) is 0 Å². The molecule has 4 saturated carbocycles. The molecular weight excluding hydrogens is 302 g/mol. The lowest BCUT2D eigenvalue weighted by Gasteiger charge is -2.58. The number of aromatic hydroxyl groups is 1. The minimum Gasteiger partial charge on any atom is -0.507 e. The Labute approximate surface area is 143 Å². The first-order valence-electron chi connectivity index (χ1n) is 9.25. The first-order valence-corrected chi connectivity index (χ1v) is 9.25. The number of aryl methyl sites for hydroxylation is 1. The van der Waals surface area contributed by atoms with Gasteiger partial charge in [0.1, 0.15) is 17.1 Å². The van der Waals surface area contributed by atoms with Crippen LogP contribution in [0, 0.1) is 30.1 Å². The third kappa shape index (κ3) is 2.51. The summed E-state index contributed by atoms with van der Waals surface area (Å²) in [5, 5.41) is 10.1. The van der Waals surface area contributed by atoms with Crippen molar-refractivity contribution in [2.24, 2.45) is 28.2 Å². The average Bonchev–Trinajstić information content (AvgIpc) is 2.44. The van der Waals surface area contributed by atoms with Crippen molar-refractivity contribution in [3.05, 3.63) is 27.8 Å². The van der Waals surface area contributed by atoms with E-state index in [-0.39, 0.29) is 17.4 Å². The van der Waals surface area contributed by atoms with Crippen molar-refractivity contribution in [1.29, 1.82) is 0 Å². The first kappa shape index (κ1) is 15.9. The van der Waals surface area contributed by atoms with Gasteiger partial charge in [0.2, 0.25) is 0 Å². The second kappa shape index (κ2) is 5.47. The van der Waals surface area contributed by atoms with Crippen molar-refractivity contribution in [1.82, 2.24) is 0 Å². The predicted octanol–water partition coefficient (Wildman–Crippen LogP) is 4.07. The Kier molecular flexibility index (Phi) is 3.63. The van der Waals surface area contributed by atoms with Gasteiger partial charge in [-0.05, 0) is 82.5 Å². The Hall–Kier alpha value is -1.58. The summed E-state index contributed by atoms with van der Waals surface area (Å²) < 4.78 is 5.14. The number of rotatable bonds is 3. The second-order valence-electron chi connectivity index (χ2n) is 8.58. The van der Waals surface area contributed by atoms with E-state index in [1.54, 1.807) is 6.92 Å². The Morgan fingerprint density at radius 1 is 1.25 bits per heavy atom. The van der Waals surface area contributed by atoms with Gasteiger partial charge in [-0.1, -0.05) is 0 Å². The molecule has 4 aliphatic carbocycles. The summed E-state index contributed by atoms with van der Waals surface area (Å²) in [6.45, 7) is 5.68. The second-order valence-corrected chi connectivity index (χ2v) is 8.58. The Morgan fingerprint density at radius 3 is 2.29 bits per heavy atom. The van der Waals surface area contributed by atoms with E-state index >= 15 is 0 Å². The van der Waals surface area contributed by atoms with Crippen LogP contribution >= 0.6 is 0 Å². The summed E-state index contributed by atoms with van der Waals surface area (Å²) in [6.07, 6.45) is 8.09. The van der Waals surface area contributed by atoms with Crippen LogP contribution in [0.4, 0.5) is 0 Å². The normalized spacial score (nSPS) is 36.1. The zero-order valence-corrected chi connectivity index (χ0v) is 14.8. The Bertz CT molecular complexity index is 710. The highest BCUT2D eigenvalue weighted by Gasteiger charge is 2.53. The van der Waals surface area contributed by atoms with Crippen molar-refractivity contribution < 1.29 is 9.52 Å². The molecule has 4 heteroatoms. The van der Waals surface area contributed by atoms with Crippen LogP contribution in [-0.2, 0) is 0 Å². The molecular formula is C20H27NO3. The van der Waals surface area contributed by atoms with Gasteiger partial charge in [-0.3, -0.25) is 4.99 Å². The van der Waals surface area contributed by atoms with Gasteiger partial charge in [-0.25, -0.2) is 4.79 Å². The van der Waals surface area contributed by atoms with Crippen LogP contribution < -0.4 is 5.63 Å². The maximum atomic E-state index is 12.1. The number of hydrogen-bond acceptors (Lipinski definition) is 4. The van der Waals surface area contributed by atoms with E-state index in [4.69, 9.17) is 9.41 Å². The van der Waals surface area contributed by atoms with Crippen molar-refractivity contribution in [2.45, 2.75) is 65.3 Å². The van der Waals surface area contributed by atoms with Gasteiger partial charge in [0.15, 0.2) is 0 Å². The van der Waals surface area contributed by atoms with E-state index < -0.39 is 5.63 Å². The number of aliphatic imine (C=N–C) groups is 1. The van der Waals surface area contributed by atoms with Gasteiger partial charge in [-0.2, -0.15) is 0 Å². The van der Waals surface area contributed by atoms with Gasteiger partial charge in [0, 0.05) is 6.07 Å². The fourth-order valence-electron chi connectivity index (χ4n) is 6.11. The van der Waals surface area contributed by atoms with E-state index in [2.05, 4.69) is 6.92 Å². The third-order valence-electron chi connectivity index (χ3n) is 6.77. The van der Waals surface area contributed by atoms with E-state index in [1.165, 1.54) is 44.6 Å². The average molecular weight is 329 g/mol. The molecule has 4 aliphatic rings. The molecule has 0 aliphatic heterocycles. The van der Waals surface area contributed by atoms with Crippen molar-refractivity contribution in [2.75, 3.05) is 0 Å². The minimum absolute atomic E-state index is 0.0253. The van der Waals surface area contributed by atoms with Gasteiger partial charge < -0.3 is 9.52 Å². The number of nitrogens with zero attached hydrogens (tertiary/aromatic N) is 1. The molecule has 0 amide bonds. The monoisotopic (exact) mass is 329 g/mol. The van der Waals surface area contributed by atoms with Crippen LogP contribution in [0.2, 0.25) is 0 Å². The van der Waals surface area contributed by atoms with Gasteiger partial charge in [-0.15, -0.1) is 0 Å². The largest absolute Gasteiger partial charge is 0.507 e. The fourth-order valence-corrected chi connectivity index (χ4v) is 6.11. The molecule has 4 fully saturated rings. The van der Waals surface area contributed by atoms with Crippen LogP contribution in [0.15, 0.2) is 20.3 Å². The fraction of sp³-hybridized carbons (Fsp3) is 0.700. The first-order chi connectivity index (χ1) is 11.4. The lowest BCUT2D eigenvalue weighted by molar-refractivity contribution is -0.0633. The maximum Gasteiger partial charge on any atom is 0.348 e. The van der Waals surface area contributed by atoms with E-state index in [9.17, 15) is 9.90 Å². The minimum atomic E-state index is -0.494. The van der Waals surface area contributed by atoms with E-state index in [1.807, 2.05) is 6.92 Å². The molecule has 1 aromatic rings. The zero-order valence-electron chi connectivity index (χ0n) is 14.8. The SMILES string of the molecule is CC(=NC(C)C12CC3CC(CC(C3)C1)C2)c1c(O)cc(C)oc1=O. The zero-order chi connectivity index (χ0) is 17.1.